The van der Waals surface area contributed by atoms with Crippen molar-refractivity contribution in [1.82, 2.24) is 0 Å². The number of hydrogen-bond donors (Lipinski definition) is 0. The van der Waals surface area contributed by atoms with Crippen molar-refractivity contribution in [2.45, 2.75) is 39.9 Å². The fourth-order valence-electron chi connectivity index (χ4n) is 2.19. The monoisotopic (exact) mass is 392 g/mol. The van der Waals surface area contributed by atoms with Crippen molar-refractivity contribution in [3.05, 3.63) is 36.0 Å². The number of hydrogen-bond acceptors (Lipinski definition) is 2. The van der Waals surface area contributed by atoms with Gasteiger partial charge in [-0.2, -0.15) is 0 Å². The van der Waals surface area contributed by atoms with E-state index in [0.29, 0.717) is 11.8 Å². The van der Waals surface area contributed by atoms with Crippen LogP contribution in [0, 0.1) is 11.8 Å². The van der Waals surface area contributed by atoms with Crippen LogP contribution in [0.15, 0.2) is 36.0 Å². The average Bonchev–Trinajstić information content (AvgIpc) is 2.47. The summed E-state index contributed by atoms with van der Waals surface area (Å²) in [6.07, 6.45) is 10.7. The van der Waals surface area contributed by atoms with E-state index < -0.39 is 0 Å². The summed E-state index contributed by atoms with van der Waals surface area (Å²) in [5.74, 6) is 0.838. The Hall–Kier alpha value is -0.130. The van der Waals surface area contributed by atoms with Gasteiger partial charge in [-0.25, -0.2) is 0 Å². The lowest BCUT2D eigenvalue weighted by Crippen LogP contribution is -2.36. The number of allylic oxidation sites excluding steroid dienone is 5. The van der Waals surface area contributed by atoms with Gasteiger partial charge in [0, 0.05) is 24.6 Å². The predicted molar refractivity (Wildman–Crippen MR) is 96.5 cm³/mol. The molecule has 0 fully saturated rings. The second kappa shape index (κ2) is 11.5. The Bertz CT molecular complexity index is 334. The van der Waals surface area contributed by atoms with Gasteiger partial charge in [0.15, 0.2) is 0 Å². The number of rotatable bonds is 9. The van der Waals surface area contributed by atoms with Crippen LogP contribution in [-0.2, 0) is 9.47 Å². The predicted octanol–water partition coefficient (Wildman–Crippen LogP) is 4.80. The molecule has 0 aliphatic carbocycles. The van der Waals surface area contributed by atoms with Gasteiger partial charge in [-0.05, 0) is 19.8 Å². The van der Waals surface area contributed by atoms with Crippen LogP contribution in [0.5, 0.6) is 0 Å². The van der Waals surface area contributed by atoms with E-state index in [2.05, 4.69) is 73.7 Å². The van der Waals surface area contributed by atoms with E-state index in [0.717, 1.165) is 4.43 Å². The minimum Gasteiger partial charge on any atom is -0.381 e. The first-order chi connectivity index (χ1) is 9.51. The highest BCUT2D eigenvalue weighted by molar-refractivity contribution is 14.1. The zero-order valence-corrected chi connectivity index (χ0v) is 15.8. The molecule has 0 rings (SSSR count). The number of methoxy groups -OCH3 is 2. The van der Waals surface area contributed by atoms with Crippen molar-refractivity contribution in [2.24, 2.45) is 11.8 Å². The molecule has 0 aromatic heterocycles. The van der Waals surface area contributed by atoms with Crippen LogP contribution in [0.25, 0.3) is 0 Å². The van der Waals surface area contributed by atoms with Gasteiger partial charge >= 0.3 is 0 Å². The SMILES string of the molecule is C/C=C(C)/C=C/C=C/[C@H](OC)[C@H](C)[C@H](OC)[C@H](C)CI. The highest BCUT2D eigenvalue weighted by Crippen LogP contribution is 2.23. The van der Waals surface area contributed by atoms with E-state index in [9.17, 15) is 0 Å². The van der Waals surface area contributed by atoms with Gasteiger partial charge in [-0.3, -0.25) is 0 Å². The molecule has 0 heterocycles. The largest absolute Gasteiger partial charge is 0.381 e. The lowest BCUT2D eigenvalue weighted by Gasteiger charge is -2.31. The van der Waals surface area contributed by atoms with Gasteiger partial charge in [0.25, 0.3) is 0 Å². The van der Waals surface area contributed by atoms with E-state index in [-0.39, 0.29) is 12.2 Å². The Morgan fingerprint density at radius 1 is 1.15 bits per heavy atom. The van der Waals surface area contributed by atoms with Gasteiger partial charge in [-0.1, -0.05) is 72.4 Å². The Labute approximate surface area is 138 Å². The summed E-state index contributed by atoms with van der Waals surface area (Å²) in [5, 5.41) is 0. The molecule has 0 saturated carbocycles. The topological polar surface area (TPSA) is 18.5 Å². The molecule has 0 aromatic rings. The van der Waals surface area contributed by atoms with Crippen LogP contribution in [0.2, 0.25) is 0 Å². The van der Waals surface area contributed by atoms with Crippen molar-refractivity contribution in [2.75, 3.05) is 18.6 Å². The molecule has 0 aliphatic rings. The molecule has 0 bridgehead atoms. The van der Waals surface area contributed by atoms with Crippen molar-refractivity contribution in [3.63, 3.8) is 0 Å². The molecule has 0 spiro atoms. The summed E-state index contributed by atoms with van der Waals surface area (Å²) in [6.45, 7) is 8.54. The first-order valence-electron chi connectivity index (χ1n) is 7.11. The molecule has 0 radical (unpaired) electrons. The first-order valence-corrected chi connectivity index (χ1v) is 8.63. The van der Waals surface area contributed by atoms with Crippen LogP contribution >= 0.6 is 22.6 Å². The second-order valence-electron chi connectivity index (χ2n) is 5.17. The highest BCUT2D eigenvalue weighted by Gasteiger charge is 2.28. The standard InChI is InChI=1S/C17H29IO2/c1-7-13(2)10-8-9-11-16(19-5)15(4)17(20-6)14(3)12-18/h7-11,14-17H,12H2,1-6H3/b10-8+,11-9+,13-7+/t14-,15+,16+,17-/m1/s1. The minimum atomic E-state index is 0.0703. The molecule has 0 saturated heterocycles. The summed E-state index contributed by atoms with van der Waals surface area (Å²) in [6, 6.07) is 0. The van der Waals surface area contributed by atoms with Crippen LogP contribution < -0.4 is 0 Å². The molecule has 116 valence electrons. The lowest BCUT2D eigenvalue weighted by atomic mass is 9.90. The Morgan fingerprint density at radius 3 is 2.25 bits per heavy atom. The smallest absolute Gasteiger partial charge is 0.0805 e. The maximum Gasteiger partial charge on any atom is 0.0805 e. The van der Waals surface area contributed by atoms with E-state index in [4.69, 9.17) is 9.47 Å². The van der Waals surface area contributed by atoms with Crippen LogP contribution in [0.3, 0.4) is 0 Å². The molecular formula is C17H29IO2. The van der Waals surface area contributed by atoms with Gasteiger partial charge in [0.05, 0.1) is 12.2 Å². The lowest BCUT2D eigenvalue weighted by molar-refractivity contribution is -0.0271. The van der Waals surface area contributed by atoms with Crippen LogP contribution in [0.4, 0.5) is 0 Å². The van der Waals surface area contributed by atoms with Gasteiger partial charge in [0.1, 0.15) is 0 Å². The fraction of sp³-hybridized carbons (Fsp3) is 0.647. The third-order valence-corrected chi connectivity index (χ3v) is 5.00. The average molecular weight is 392 g/mol. The maximum absolute atomic E-state index is 5.66. The van der Waals surface area contributed by atoms with Gasteiger partial charge in [-0.15, -0.1) is 0 Å². The van der Waals surface area contributed by atoms with Crippen molar-refractivity contribution in [3.8, 4) is 0 Å². The van der Waals surface area contributed by atoms with Crippen molar-refractivity contribution in [1.29, 1.82) is 0 Å². The Morgan fingerprint density at radius 2 is 1.80 bits per heavy atom. The number of ether oxygens (including phenoxy) is 2. The van der Waals surface area contributed by atoms with E-state index in [1.54, 1.807) is 14.2 Å². The minimum absolute atomic E-state index is 0.0703. The molecule has 3 heteroatoms. The molecule has 0 amide bonds. The van der Waals surface area contributed by atoms with Crippen LogP contribution in [-0.4, -0.2) is 30.9 Å². The summed E-state index contributed by atoms with van der Waals surface area (Å²) >= 11 is 2.41. The summed E-state index contributed by atoms with van der Waals surface area (Å²) in [4.78, 5) is 0. The number of alkyl halides is 1. The molecule has 0 unspecified atom stereocenters. The first kappa shape index (κ1) is 19.9. The zero-order valence-electron chi connectivity index (χ0n) is 13.6. The van der Waals surface area contributed by atoms with E-state index in [1.165, 1.54) is 5.57 Å². The highest BCUT2D eigenvalue weighted by atomic mass is 127. The van der Waals surface area contributed by atoms with Gasteiger partial charge < -0.3 is 9.47 Å². The van der Waals surface area contributed by atoms with Crippen molar-refractivity contribution < 1.29 is 9.47 Å². The zero-order chi connectivity index (χ0) is 15.5. The van der Waals surface area contributed by atoms with Crippen LogP contribution in [0.1, 0.15) is 27.7 Å². The summed E-state index contributed by atoms with van der Waals surface area (Å²) < 4.78 is 12.4. The quantitative estimate of drug-likeness (QED) is 0.319. The molecule has 2 nitrogen and oxygen atoms in total. The number of halogens is 1. The Balaban J connectivity index is 4.73. The second-order valence-corrected chi connectivity index (χ2v) is 6.05. The molecule has 0 aromatic carbocycles. The molecular weight excluding hydrogens is 363 g/mol. The molecule has 0 aliphatic heterocycles. The molecule has 20 heavy (non-hydrogen) atoms. The van der Waals surface area contributed by atoms with Gasteiger partial charge in [0.2, 0.25) is 0 Å². The summed E-state index contributed by atoms with van der Waals surface area (Å²) in [5.41, 5.74) is 1.25. The Kier molecular flexibility index (Phi) is 11.4. The third-order valence-electron chi connectivity index (χ3n) is 3.61. The fourth-order valence-corrected chi connectivity index (χ4v) is 2.69. The normalized spacial score (nSPS) is 19.4. The van der Waals surface area contributed by atoms with Crippen molar-refractivity contribution >= 4 is 22.6 Å². The van der Waals surface area contributed by atoms with E-state index in [1.807, 2.05) is 6.92 Å². The molecule has 0 N–H and O–H groups in total. The summed E-state index contributed by atoms with van der Waals surface area (Å²) in [7, 11) is 3.55. The molecule has 4 atom stereocenters. The van der Waals surface area contributed by atoms with E-state index >= 15 is 0 Å². The third kappa shape index (κ3) is 7.04. The maximum atomic E-state index is 5.66.